The molecule has 0 saturated carbocycles. The van der Waals surface area contributed by atoms with Crippen molar-refractivity contribution in [1.82, 2.24) is 0 Å². The van der Waals surface area contributed by atoms with E-state index < -0.39 is 0 Å². The van der Waals surface area contributed by atoms with Crippen LogP contribution in [0.5, 0.6) is 0 Å². The third kappa shape index (κ3) is 19.7. The average molecular weight is 347 g/mol. The van der Waals surface area contributed by atoms with E-state index in [1.807, 2.05) is 0 Å². The summed E-state index contributed by atoms with van der Waals surface area (Å²) in [7, 11) is 0. The maximum absolute atomic E-state index is 3.91. The molecule has 0 N–H and O–H groups in total. The lowest BCUT2D eigenvalue weighted by Crippen LogP contribution is -2.00. The summed E-state index contributed by atoms with van der Waals surface area (Å²) in [6, 6.07) is 0. The molecule has 0 aliphatic heterocycles. The minimum Gasteiger partial charge on any atom is -0.103 e. The summed E-state index contributed by atoms with van der Waals surface area (Å²) in [6.45, 7) is 10.1. The molecule has 0 bridgehead atoms. The average Bonchev–Trinajstić information content (AvgIpc) is 2.62. The van der Waals surface area contributed by atoms with Gasteiger partial charge in [0.15, 0.2) is 0 Å². The standard InChI is InChI=1S/C25H46/c1-4-7-9-11-13-14-15-17-19-21-24-25(22-6-3)23-20-18-16-12-10-8-5-2/h25H,1-2,4-11,13-15,17-24H2,3H3. The van der Waals surface area contributed by atoms with Gasteiger partial charge in [-0.2, -0.15) is 0 Å². The van der Waals surface area contributed by atoms with Crippen LogP contribution in [0.2, 0.25) is 0 Å². The highest BCUT2D eigenvalue weighted by molar-refractivity contribution is 4.98. The summed E-state index contributed by atoms with van der Waals surface area (Å²) in [4.78, 5) is 0. The SMILES string of the molecule is [CH2]CCCC#CCCCC(CCC)CCCCCCCCCCC[CH2]. The Labute approximate surface area is 160 Å². The van der Waals surface area contributed by atoms with Crippen molar-refractivity contribution in [3.05, 3.63) is 13.8 Å². The van der Waals surface area contributed by atoms with Gasteiger partial charge in [0.05, 0.1) is 0 Å². The third-order valence-corrected chi connectivity index (χ3v) is 5.15. The Morgan fingerprint density at radius 2 is 1.04 bits per heavy atom. The molecule has 0 heterocycles. The van der Waals surface area contributed by atoms with E-state index in [0.29, 0.717) is 0 Å². The van der Waals surface area contributed by atoms with Gasteiger partial charge < -0.3 is 0 Å². The number of hydrogen-bond acceptors (Lipinski definition) is 0. The Bertz CT molecular complexity index is 293. The molecule has 0 heteroatoms. The van der Waals surface area contributed by atoms with Gasteiger partial charge in [0.1, 0.15) is 0 Å². The predicted molar refractivity (Wildman–Crippen MR) is 115 cm³/mol. The molecule has 0 aliphatic rings. The zero-order valence-electron chi connectivity index (χ0n) is 17.4. The fourth-order valence-corrected chi connectivity index (χ4v) is 3.56. The lowest BCUT2D eigenvalue weighted by atomic mass is 9.91. The molecule has 0 fully saturated rings. The molecule has 146 valence electrons. The first kappa shape index (κ1) is 24.6. The molecule has 1 unspecified atom stereocenters. The molecule has 25 heavy (non-hydrogen) atoms. The molecule has 0 aliphatic carbocycles. The molecule has 2 radical (unpaired) electrons. The van der Waals surface area contributed by atoms with Crippen molar-refractivity contribution in [2.45, 2.75) is 129 Å². The summed E-state index contributed by atoms with van der Waals surface area (Å²) in [5.74, 6) is 7.58. The largest absolute Gasteiger partial charge is 0.103 e. The number of rotatable bonds is 18. The van der Waals surface area contributed by atoms with Crippen molar-refractivity contribution in [3.63, 3.8) is 0 Å². The van der Waals surface area contributed by atoms with Gasteiger partial charge in [0.25, 0.3) is 0 Å². The molecular weight excluding hydrogens is 300 g/mol. The predicted octanol–water partition coefficient (Wildman–Crippen LogP) is 8.71. The summed E-state index contributed by atoms with van der Waals surface area (Å²) >= 11 is 0. The quantitative estimate of drug-likeness (QED) is 0.172. The Balaban J connectivity index is 3.51. The van der Waals surface area contributed by atoms with Crippen molar-refractivity contribution >= 4 is 0 Å². The topological polar surface area (TPSA) is 0 Å². The van der Waals surface area contributed by atoms with Crippen LogP contribution in [0.3, 0.4) is 0 Å². The maximum atomic E-state index is 3.91. The van der Waals surface area contributed by atoms with Crippen molar-refractivity contribution < 1.29 is 0 Å². The third-order valence-electron chi connectivity index (χ3n) is 5.15. The van der Waals surface area contributed by atoms with Gasteiger partial charge in [0, 0.05) is 12.8 Å². The van der Waals surface area contributed by atoms with Crippen molar-refractivity contribution in [1.29, 1.82) is 0 Å². The van der Waals surface area contributed by atoms with E-state index >= 15 is 0 Å². The summed E-state index contributed by atoms with van der Waals surface area (Å²) < 4.78 is 0. The van der Waals surface area contributed by atoms with Crippen molar-refractivity contribution in [2.24, 2.45) is 5.92 Å². The minimum absolute atomic E-state index is 0.953. The molecule has 0 aromatic heterocycles. The van der Waals surface area contributed by atoms with Crippen LogP contribution in [-0.4, -0.2) is 0 Å². The van der Waals surface area contributed by atoms with Crippen LogP contribution in [0.15, 0.2) is 0 Å². The van der Waals surface area contributed by atoms with Crippen LogP contribution < -0.4 is 0 Å². The van der Waals surface area contributed by atoms with Crippen LogP contribution >= 0.6 is 0 Å². The van der Waals surface area contributed by atoms with E-state index in [1.54, 1.807) is 0 Å². The fraction of sp³-hybridized carbons (Fsp3) is 0.840. The zero-order chi connectivity index (χ0) is 18.4. The van der Waals surface area contributed by atoms with Gasteiger partial charge in [-0.3, -0.25) is 0 Å². The van der Waals surface area contributed by atoms with Crippen LogP contribution in [-0.2, 0) is 0 Å². The first-order valence-corrected chi connectivity index (χ1v) is 11.4. The van der Waals surface area contributed by atoms with E-state index in [9.17, 15) is 0 Å². The second-order valence-corrected chi connectivity index (χ2v) is 7.68. The van der Waals surface area contributed by atoms with E-state index in [-0.39, 0.29) is 0 Å². The fourth-order valence-electron chi connectivity index (χ4n) is 3.56. The summed E-state index contributed by atoms with van der Waals surface area (Å²) in [6.07, 6.45) is 25.1. The zero-order valence-corrected chi connectivity index (χ0v) is 17.4. The van der Waals surface area contributed by atoms with Crippen LogP contribution in [0.4, 0.5) is 0 Å². The highest BCUT2D eigenvalue weighted by atomic mass is 14.1. The first-order chi connectivity index (χ1) is 12.3. The van der Waals surface area contributed by atoms with E-state index in [0.717, 1.165) is 38.0 Å². The first-order valence-electron chi connectivity index (χ1n) is 11.4. The smallest absolute Gasteiger partial charge is 0.00887 e. The highest BCUT2D eigenvalue weighted by Gasteiger charge is 2.07. The van der Waals surface area contributed by atoms with Gasteiger partial charge in [-0.15, -0.1) is 11.8 Å². The lowest BCUT2D eigenvalue weighted by Gasteiger charge is -2.15. The second-order valence-electron chi connectivity index (χ2n) is 7.68. The van der Waals surface area contributed by atoms with Crippen molar-refractivity contribution in [3.8, 4) is 11.8 Å². The molecule has 1 atom stereocenters. The van der Waals surface area contributed by atoms with Crippen molar-refractivity contribution in [2.75, 3.05) is 0 Å². The van der Waals surface area contributed by atoms with Crippen LogP contribution in [0, 0.1) is 31.6 Å². The Morgan fingerprint density at radius 3 is 1.60 bits per heavy atom. The molecule has 0 spiro atoms. The summed E-state index contributed by atoms with van der Waals surface area (Å²) in [5, 5.41) is 0. The number of unbranched alkanes of at least 4 members (excludes halogenated alkanes) is 12. The van der Waals surface area contributed by atoms with Gasteiger partial charge >= 0.3 is 0 Å². The Morgan fingerprint density at radius 1 is 0.560 bits per heavy atom. The second kappa shape index (κ2) is 21.6. The molecule has 0 aromatic carbocycles. The molecule has 0 saturated heterocycles. The molecule has 0 amide bonds. The highest BCUT2D eigenvalue weighted by Crippen LogP contribution is 2.22. The lowest BCUT2D eigenvalue weighted by molar-refractivity contribution is 0.386. The van der Waals surface area contributed by atoms with Gasteiger partial charge in [0.2, 0.25) is 0 Å². The van der Waals surface area contributed by atoms with E-state index in [1.165, 1.54) is 89.9 Å². The van der Waals surface area contributed by atoms with Gasteiger partial charge in [-0.05, 0) is 25.2 Å². The minimum atomic E-state index is 0.953. The molecule has 0 rings (SSSR count). The normalized spacial score (nSPS) is 12.0. The number of hydrogen-bond donors (Lipinski definition) is 0. The van der Waals surface area contributed by atoms with Gasteiger partial charge in [-0.25, -0.2) is 0 Å². The maximum Gasteiger partial charge on any atom is 0.00887 e. The Hall–Kier alpha value is -0.440. The monoisotopic (exact) mass is 346 g/mol. The van der Waals surface area contributed by atoms with E-state index in [2.05, 4.69) is 32.6 Å². The molecule has 0 aromatic rings. The molecular formula is C25H46. The van der Waals surface area contributed by atoms with E-state index in [4.69, 9.17) is 0 Å². The Kier molecular flexibility index (Phi) is 21.2. The van der Waals surface area contributed by atoms with Crippen LogP contribution in [0.1, 0.15) is 129 Å². The molecule has 0 nitrogen and oxygen atoms in total. The van der Waals surface area contributed by atoms with Crippen LogP contribution in [0.25, 0.3) is 0 Å². The summed E-state index contributed by atoms with van der Waals surface area (Å²) in [5.41, 5.74) is 0. The van der Waals surface area contributed by atoms with Gasteiger partial charge in [-0.1, -0.05) is 111 Å².